The summed E-state index contributed by atoms with van der Waals surface area (Å²) < 4.78 is 15.8. The van der Waals surface area contributed by atoms with Crippen LogP contribution >= 0.6 is 43.5 Å². The second kappa shape index (κ2) is 7.73. The summed E-state index contributed by atoms with van der Waals surface area (Å²) in [5.74, 6) is -0.195. The molecule has 0 amide bonds. The van der Waals surface area contributed by atoms with Crippen LogP contribution in [0.4, 0.5) is 4.39 Å². The second-order valence-corrected chi connectivity index (χ2v) is 6.92. The minimum absolute atomic E-state index is 0.00752. The summed E-state index contributed by atoms with van der Waals surface area (Å²) in [7, 11) is 0. The maximum atomic E-state index is 14.0. The lowest BCUT2D eigenvalue weighted by Gasteiger charge is -2.20. The maximum Gasteiger partial charge on any atom is 0.126 e. The monoisotopic (exact) mass is 433 g/mol. The van der Waals surface area contributed by atoms with Gasteiger partial charge in [0.25, 0.3) is 0 Å². The smallest absolute Gasteiger partial charge is 0.126 e. The van der Waals surface area contributed by atoms with Gasteiger partial charge in [0.15, 0.2) is 0 Å². The molecule has 0 spiro atoms. The van der Waals surface area contributed by atoms with E-state index in [0.29, 0.717) is 17.0 Å². The fourth-order valence-corrected chi connectivity index (χ4v) is 3.35. The van der Waals surface area contributed by atoms with Gasteiger partial charge in [-0.15, -0.1) is 0 Å². The number of halogens is 4. The fraction of sp³-hybridized carbons (Fsp3) is 0.250. The zero-order chi connectivity index (χ0) is 15.4. The number of likely N-dealkylation sites (N-methyl/N-ethyl adjacent to an activating group) is 1. The number of rotatable bonds is 5. The molecule has 2 aromatic carbocycles. The highest BCUT2D eigenvalue weighted by molar-refractivity contribution is 9.10. The van der Waals surface area contributed by atoms with Crippen LogP contribution in [-0.4, -0.2) is 6.54 Å². The van der Waals surface area contributed by atoms with Crippen LogP contribution < -0.4 is 5.32 Å². The van der Waals surface area contributed by atoms with E-state index in [1.54, 1.807) is 6.07 Å². The molecule has 1 nitrogen and oxygen atoms in total. The third kappa shape index (κ3) is 4.52. The van der Waals surface area contributed by atoms with Crippen molar-refractivity contribution in [1.29, 1.82) is 0 Å². The Bertz CT molecular complexity index is 634. The highest BCUT2D eigenvalue weighted by Crippen LogP contribution is 2.30. The van der Waals surface area contributed by atoms with E-state index >= 15 is 0 Å². The molecule has 5 heteroatoms. The molecule has 0 aromatic heterocycles. The van der Waals surface area contributed by atoms with Crippen LogP contribution in [0, 0.1) is 5.82 Å². The van der Waals surface area contributed by atoms with E-state index in [2.05, 4.69) is 37.2 Å². The van der Waals surface area contributed by atoms with E-state index in [1.165, 1.54) is 6.07 Å². The van der Waals surface area contributed by atoms with Crippen LogP contribution in [0.15, 0.2) is 45.3 Å². The van der Waals surface area contributed by atoms with Crippen LogP contribution in [0.25, 0.3) is 0 Å². The number of hydrogen-bond donors (Lipinski definition) is 1. The highest BCUT2D eigenvalue weighted by Gasteiger charge is 2.17. The van der Waals surface area contributed by atoms with E-state index in [0.717, 1.165) is 21.1 Å². The number of hydrogen-bond acceptors (Lipinski definition) is 1. The van der Waals surface area contributed by atoms with E-state index in [1.807, 2.05) is 31.2 Å². The number of benzene rings is 2. The molecule has 0 fully saturated rings. The molecule has 1 N–H and O–H groups in total. The van der Waals surface area contributed by atoms with Crippen molar-refractivity contribution in [2.24, 2.45) is 0 Å². The number of nitrogens with one attached hydrogen (secondary N) is 1. The van der Waals surface area contributed by atoms with Gasteiger partial charge in [0.05, 0.1) is 0 Å². The average Bonchev–Trinajstić information content (AvgIpc) is 2.45. The van der Waals surface area contributed by atoms with Gasteiger partial charge in [0.1, 0.15) is 5.82 Å². The SMILES string of the molecule is CCNC(Cc1cc(Br)ccc1F)c1cc(Cl)ccc1Br. The van der Waals surface area contributed by atoms with Crippen molar-refractivity contribution in [3.05, 3.63) is 67.3 Å². The first-order valence-corrected chi connectivity index (χ1v) is 8.60. The summed E-state index contributed by atoms with van der Waals surface area (Å²) in [5, 5.41) is 4.06. The second-order valence-electron chi connectivity index (χ2n) is 4.72. The molecule has 0 saturated heterocycles. The van der Waals surface area contributed by atoms with E-state index in [9.17, 15) is 4.39 Å². The first kappa shape index (κ1) is 16.9. The first-order valence-electron chi connectivity index (χ1n) is 6.63. The molecule has 0 heterocycles. The Morgan fingerprint density at radius 3 is 2.67 bits per heavy atom. The van der Waals surface area contributed by atoms with Gasteiger partial charge < -0.3 is 5.32 Å². The molecule has 2 aromatic rings. The zero-order valence-corrected chi connectivity index (χ0v) is 15.4. The molecule has 0 saturated carbocycles. The minimum atomic E-state index is -0.195. The van der Waals surface area contributed by atoms with Crippen LogP contribution in [0.1, 0.15) is 24.1 Å². The third-order valence-electron chi connectivity index (χ3n) is 3.22. The summed E-state index contributed by atoms with van der Waals surface area (Å²) in [6.45, 7) is 2.82. The Kier molecular flexibility index (Phi) is 6.23. The molecule has 0 radical (unpaired) electrons. The summed E-state index contributed by atoms with van der Waals surface area (Å²) in [6.07, 6.45) is 0.554. The summed E-state index contributed by atoms with van der Waals surface area (Å²) in [4.78, 5) is 0. The minimum Gasteiger partial charge on any atom is -0.310 e. The standard InChI is InChI=1S/C16H15Br2ClFN/c1-2-21-16(13-9-12(19)4-5-14(13)18)8-10-7-11(17)3-6-15(10)20/h3-7,9,16,21H,2,8H2,1H3. The van der Waals surface area contributed by atoms with Crippen molar-refractivity contribution >= 4 is 43.5 Å². The topological polar surface area (TPSA) is 12.0 Å². The Labute approximate surface area is 146 Å². The van der Waals surface area contributed by atoms with Crippen LogP contribution in [0.5, 0.6) is 0 Å². The van der Waals surface area contributed by atoms with Gasteiger partial charge in [0, 0.05) is 20.0 Å². The highest BCUT2D eigenvalue weighted by atomic mass is 79.9. The summed E-state index contributed by atoms with van der Waals surface area (Å²) in [5.41, 5.74) is 1.70. The van der Waals surface area contributed by atoms with Gasteiger partial charge in [0.2, 0.25) is 0 Å². The lowest BCUT2D eigenvalue weighted by Crippen LogP contribution is -2.23. The molecular formula is C16H15Br2ClFN. The van der Waals surface area contributed by atoms with Gasteiger partial charge >= 0.3 is 0 Å². The Balaban J connectivity index is 2.35. The Morgan fingerprint density at radius 1 is 1.19 bits per heavy atom. The van der Waals surface area contributed by atoms with Crippen LogP contribution in [0.3, 0.4) is 0 Å². The van der Waals surface area contributed by atoms with Crippen molar-refractivity contribution in [1.82, 2.24) is 5.32 Å². The van der Waals surface area contributed by atoms with Crippen molar-refractivity contribution in [3.63, 3.8) is 0 Å². The molecule has 2 rings (SSSR count). The van der Waals surface area contributed by atoms with Crippen LogP contribution in [-0.2, 0) is 6.42 Å². The maximum absolute atomic E-state index is 14.0. The van der Waals surface area contributed by atoms with Gasteiger partial charge in [-0.2, -0.15) is 0 Å². The van der Waals surface area contributed by atoms with Crippen molar-refractivity contribution < 1.29 is 4.39 Å². The van der Waals surface area contributed by atoms with Crippen molar-refractivity contribution in [2.45, 2.75) is 19.4 Å². The molecule has 1 unspecified atom stereocenters. The van der Waals surface area contributed by atoms with Crippen LogP contribution in [0.2, 0.25) is 5.02 Å². The van der Waals surface area contributed by atoms with Gasteiger partial charge in [-0.25, -0.2) is 4.39 Å². The normalized spacial score (nSPS) is 12.4. The van der Waals surface area contributed by atoms with Gasteiger partial charge in [-0.1, -0.05) is 50.4 Å². The first-order chi connectivity index (χ1) is 10.0. The molecular weight excluding hydrogens is 420 g/mol. The molecule has 0 bridgehead atoms. The summed E-state index contributed by atoms with van der Waals surface area (Å²) in [6, 6.07) is 10.7. The van der Waals surface area contributed by atoms with Gasteiger partial charge in [-0.3, -0.25) is 0 Å². The fourth-order valence-electron chi connectivity index (χ4n) is 2.24. The van der Waals surface area contributed by atoms with Crippen molar-refractivity contribution in [3.8, 4) is 0 Å². The molecule has 21 heavy (non-hydrogen) atoms. The van der Waals surface area contributed by atoms with Gasteiger partial charge in [-0.05, 0) is 60.5 Å². The molecule has 1 atom stereocenters. The molecule has 0 aliphatic carbocycles. The van der Waals surface area contributed by atoms with E-state index in [4.69, 9.17) is 11.6 Å². The predicted octanol–water partition coefficient (Wildman–Crippen LogP) is 5.90. The average molecular weight is 436 g/mol. The summed E-state index contributed by atoms with van der Waals surface area (Å²) >= 11 is 13.0. The largest absolute Gasteiger partial charge is 0.310 e. The third-order valence-corrected chi connectivity index (χ3v) is 4.67. The van der Waals surface area contributed by atoms with Crippen molar-refractivity contribution in [2.75, 3.05) is 6.54 Å². The predicted molar refractivity (Wildman–Crippen MR) is 93.4 cm³/mol. The zero-order valence-electron chi connectivity index (χ0n) is 11.5. The quantitative estimate of drug-likeness (QED) is 0.617. The lowest BCUT2D eigenvalue weighted by atomic mass is 9.98. The molecule has 112 valence electrons. The Morgan fingerprint density at radius 2 is 1.95 bits per heavy atom. The van der Waals surface area contributed by atoms with E-state index < -0.39 is 0 Å². The Hall–Kier alpha value is -0.420. The van der Waals surface area contributed by atoms with E-state index in [-0.39, 0.29) is 11.9 Å². The molecule has 0 aliphatic rings. The lowest BCUT2D eigenvalue weighted by molar-refractivity contribution is 0.526. The molecule has 0 aliphatic heterocycles.